The van der Waals surface area contributed by atoms with Gasteiger partial charge in [-0.15, -0.1) is 0 Å². The Bertz CT molecular complexity index is 590. The fraction of sp³-hybridized carbons (Fsp3) is 0.333. The molecule has 0 N–H and O–H groups in total. The number of carbonyl (C=O) groups excluding carboxylic acids is 1. The van der Waals surface area contributed by atoms with Crippen molar-refractivity contribution in [2.75, 3.05) is 0 Å². The number of halogens is 1. The van der Waals surface area contributed by atoms with Crippen molar-refractivity contribution in [2.24, 2.45) is 0 Å². The Morgan fingerprint density at radius 1 is 1.42 bits per heavy atom. The normalized spacial score (nSPS) is 10.7. The summed E-state index contributed by atoms with van der Waals surface area (Å²) in [5.41, 5.74) is 1.02. The van der Waals surface area contributed by atoms with E-state index >= 15 is 0 Å². The molecule has 0 saturated heterocycles. The minimum Gasteiger partial charge on any atom is -0.335 e. The van der Waals surface area contributed by atoms with Gasteiger partial charge in [0, 0.05) is 18.9 Å². The number of hydrogen-bond donors (Lipinski definition) is 0. The van der Waals surface area contributed by atoms with Crippen LogP contribution >= 0.6 is 0 Å². The van der Waals surface area contributed by atoms with Crippen LogP contribution in [0.15, 0.2) is 30.6 Å². The van der Waals surface area contributed by atoms with Crippen LogP contribution in [0.1, 0.15) is 35.1 Å². The van der Waals surface area contributed by atoms with E-state index in [2.05, 4.69) is 11.9 Å². The topological polar surface area (TPSA) is 34.9 Å². The van der Waals surface area contributed by atoms with E-state index in [1.165, 1.54) is 6.07 Å². The molecule has 0 bridgehead atoms. The van der Waals surface area contributed by atoms with Crippen LogP contribution in [0.25, 0.3) is 0 Å². The Balaban J connectivity index is 2.21. The van der Waals surface area contributed by atoms with Crippen molar-refractivity contribution in [3.05, 3.63) is 53.4 Å². The predicted molar refractivity (Wildman–Crippen MR) is 71.7 cm³/mol. The summed E-state index contributed by atoms with van der Waals surface area (Å²) in [4.78, 5) is 16.3. The van der Waals surface area contributed by atoms with E-state index in [1.54, 1.807) is 18.3 Å². The van der Waals surface area contributed by atoms with Crippen molar-refractivity contribution in [2.45, 2.75) is 33.2 Å². The fourth-order valence-electron chi connectivity index (χ4n) is 2.04. The smallest absolute Gasteiger partial charge is 0.173 e. The van der Waals surface area contributed by atoms with E-state index in [0.717, 1.165) is 18.5 Å². The van der Waals surface area contributed by atoms with Gasteiger partial charge in [0.1, 0.15) is 11.6 Å². The molecule has 1 heterocycles. The number of ketones is 1. The van der Waals surface area contributed by atoms with E-state index in [4.69, 9.17) is 0 Å². The maximum absolute atomic E-state index is 13.6. The van der Waals surface area contributed by atoms with Crippen molar-refractivity contribution in [1.82, 2.24) is 9.55 Å². The summed E-state index contributed by atoms with van der Waals surface area (Å²) in [5, 5.41) is 0. The number of imidazole rings is 1. The highest BCUT2D eigenvalue weighted by Gasteiger charge is 2.15. The minimum atomic E-state index is -0.468. The van der Waals surface area contributed by atoms with Crippen LogP contribution in [0.4, 0.5) is 4.39 Å². The van der Waals surface area contributed by atoms with Crippen molar-refractivity contribution >= 4 is 5.78 Å². The Morgan fingerprint density at radius 3 is 2.95 bits per heavy atom. The van der Waals surface area contributed by atoms with E-state index in [0.29, 0.717) is 5.82 Å². The number of aromatic nitrogens is 2. The van der Waals surface area contributed by atoms with Crippen LogP contribution < -0.4 is 0 Å². The van der Waals surface area contributed by atoms with Crippen molar-refractivity contribution in [1.29, 1.82) is 0 Å². The van der Waals surface area contributed by atoms with Gasteiger partial charge in [0.25, 0.3) is 0 Å². The molecule has 1 aromatic carbocycles. The van der Waals surface area contributed by atoms with Gasteiger partial charge in [0.2, 0.25) is 0 Å². The van der Waals surface area contributed by atoms with E-state index in [9.17, 15) is 9.18 Å². The molecular weight excluding hydrogens is 243 g/mol. The molecule has 0 aliphatic heterocycles. The van der Waals surface area contributed by atoms with E-state index in [-0.39, 0.29) is 17.8 Å². The predicted octanol–water partition coefficient (Wildman–Crippen LogP) is 3.17. The summed E-state index contributed by atoms with van der Waals surface area (Å²) < 4.78 is 15.6. The number of aryl methyl sites for hydroxylation is 2. The maximum atomic E-state index is 13.6. The monoisotopic (exact) mass is 260 g/mol. The molecule has 0 unspecified atom stereocenters. The average Bonchev–Trinajstić information content (AvgIpc) is 2.80. The first-order valence-electron chi connectivity index (χ1n) is 6.41. The van der Waals surface area contributed by atoms with Gasteiger partial charge in [-0.1, -0.05) is 18.6 Å². The van der Waals surface area contributed by atoms with Gasteiger partial charge in [-0.25, -0.2) is 9.37 Å². The number of nitrogens with zero attached hydrogens (tertiary/aromatic N) is 2. The first-order valence-corrected chi connectivity index (χ1v) is 6.41. The molecule has 3 nitrogen and oxygen atoms in total. The van der Waals surface area contributed by atoms with Gasteiger partial charge >= 0.3 is 0 Å². The van der Waals surface area contributed by atoms with Crippen LogP contribution in [-0.4, -0.2) is 15.3 Å². The Morgan fingerprint density at radius 2 is 2.21 bits per heavy atom. The molecule has 100 valence electrons. The van der Waals surface area contributed by atoms with Crippen LogP contribution in [0.2, 0.25) is 0 Å². The van der Waals surface area contributed by atoms with E-state index < -0.39 is 5.82 Å². The lowest BCUT2D eigenvalue weighted by molar-refractivity contribution is 0.0985. The van der Waals surface area contributed by atoms with Crippen molar-refractivity contribution in [3.8, 4) is 0 Å². The molecule has 4 heteroatoms. The molecule has 0 spiro atoms. The van der Waals surface area contributed by atoms with Crippen LogP contribution in [0.5, 0.6) is 0 Å². The molecule has 1 aromatic heterocycles. The summed E-state index contributed by atoms with van der Waals surface area (Å²) >= 11 is 0. The third kappa shape index (κ3) is 3.08. The Kier molecular flexibility index (Phi) is 4.10. The molecule has 2 aromatic rings. The molecule has 0 aliphatic rings. The zero-order valence-electron chi connectivity index (χ0n) is 11.2. The maximum Gasteiger partial charge on any atom is 0.173 e. The molecular formula is C15H17FN2O. The Hall–Kier alpha value is -1.97. The van der Waals surface area contributed by atoms with Gasteiger partial charge in [0.15, 0.2) is 5.78 Å². The molecule has 19 heavy (non-hydrogen) atoms. The average molecular weight is 260 g/mol. The molecule has 0 saturated carbocycles. The Labute approximate surface area is 112 Å². The number of hydrogen-bond acceptors (Lipinski definition) is 2. The van der Waals surface area contributed by atoms with E-state index in [1.807, 2.05) is 17.7 Å². The molecule has 2 rings (SSSR count). The number of carbonyl (C=O) groups is 1. The number of Topliss-reactive ketones (excluding diaryl/α,β-unsaturated/α-hetero) is 1. The zero-order valence-corrected chi connectivity index (χ0v) is 11.2. The molecule has 0 aliphatic carbocycles. The van der Waals surface area contributed by atoms with Crippen LogP contribution in [0.3, 0.4) is 0 Å². The van der Waals surface area contributed by atoms with Gasteiger partial charge in [-0.2, -0.15) is 0 Å². The lowest BCUT2D eigenvalue weighted by atomic mass is 10.0. The number of benzene rings is 1. The summed E-state index contributed by atoms with van der Waals surface area (Å²) in [6.07, 6.45) is 4.62. The fourth-order valence-corrected chi connectivity index (χ4v) is 2.04. The molecule has 0 fully saturated rings. The summed E-state index contributed by atoms with van der Waals surface area (Å²) in [6.45, 7) is 4.72. The highest BCUT2D eigenvalue weighted by Crippen LogP contribution is 2.13. The van der Waals surface area contributed by atoms with Crippen LogP contribution in [0, 0.1) is 12.7 Å². The summed E-state index contributed by atoms with van der Waals surface area (Å²) in [7, 11) is 0. The third-order valence-corrected chi connectivity index (χ3v) is 3.01. The standard InChI is InChI=1S/C15H17FN2O/c1-3-7-18-8-6-17-15(18)10-14(19)12-9-11(2)4-5-13(12)16/h4-6,8-9H,3,7,10H2,1-2H3. The highest BCUT2D eigenvalue weighted by molar-refractivity contribution is 5.97. The lowest BCUT2D eigenvalue weighted by Crippen LogP contribution is -2.11. The van der Waals surface area contributed by atoms with Gasteiger partial charge in [-0.3, -0.25) is 4.79 Å². The van der Waals surface area contributed by atoms with Gasteiger partial charge < -0.3 is 4.57 Å². The second-order valence-electron chi connectivity index (χ2n) is 4.62. The third-order valence-electron chi connectivity index (χ3n) is 3.01. The van der Waals surface area contributed by atoms with Crippen molar-refractivity contribution < 1.29 is 9.18 Å². The minimum absolute atomic E-state index is 0.132. The highest BCUT2D eigenvalue weighted by atomic mass is 19.1. The zero-order chi connectivity index (χ0) is 13.8. The summed E-state index contributed by atoms with van der Waals surface area (Å²) in [5.74, 6) is -0.0123. The van der Waals surface area contributed by atoms with Crippen LogP contribution in [-0.2, 0) is 13.0 Å². The van der Waals surface area contributed by atoms with Gasteiger partial charge in [-0.05, 0) is 25.5 Å². The quantitative estimate of drug-likeness (QED) is 0.774. The van der Waals surface area contributed by atoms with Gasteiger partial charge in [0.05, 0.1) is 12.0 Å². The largest absolute Gasteiger partial charge is 0.335 e. The second-order valence-corrected chi connectivity index (χ2v) is 4.62. The first kappa shape index (κ1) is 13.5. The number of rotatable bonds is 5. The molecule has 0 atom stereocenters. The second kappa shape index (κ2) is 5.78. The van der Waals surface area contributed by atoms with Crippen molar-refractivity contribution in [3.63, 3.8) is 0 Å². The lowest BCUT2D eigenvalue weighted by Gasteiger charge is -2.07. The first-order chi connectivity index (χ1) is 9.11. The SMILES string of the molecule is CCCn1ccnc1CC(=O)c1cc(C)ccc1F. The molecule has 0 amide bonds. The summed E-state index contributed by atoms with van der Waals surface area (Å²) in [6, 6.07) is 4.58. The molecule has 0 radical (unpaired) electrons.